The summed E-state index contributed by atoms with van der Waals surface area (Å²) in [4.78, 5) is 0. The highest BCUT2D eigenvalue weighted by molar-refractivity contribution is 9.11. The molecule has 3 nitrogen and oxygen atoms in total. The van der Waals surface area contributed by atoms with Gasteiger partial charge in [-0.15, -0.1) is 0 Å². The molecule has 1 atom stereocenters. The number of fused-ring (bicyclic) bond motifs is 1. The number of halogens is 1. The van der Waals surface area contributed by atoms with Gasteiger partial charge in [-0.1, -0.05) is 52.3 Å². The maximum atomic E-state index is 11.3. The van der Waals surface area contributed by atoms with Crippen LogP contribution in [0.15, 0.2) is 30.3 Å². The molecule has 1 aromatic rings. The molecule has 1 aliphatic rings. The van der Waals surface area contributed by atoms with Gasteiger partial charge >= 0.3 is 0 Å². The second-order valence-electron chi connectivity index (χ2n) is 3.40. The van der Waals surface area contributed by atoms with Crippen molar-refractivity contribution in [3.63, 3.8) is 0 Å². The van der Waals surface area contributed by atoms with Crippen LogP contribution < -0.4 is 0 Å². The highest BCUT2D eigenvalue weighted by atomic mass is 79.9. The largest absolute Gasteiger partial charge is 0.285 e. The second-order valence-corrected chi connectivity index (χ2v) is 6.92. The molecule has 1 N–H and O–H groups in total. The predicted octanol–water partition coefficient (Wildman–Crippen LogP) is 2.54. The molecule has 2 rings (SSSR count). The molecule has 0 amide bonds. The van der Waals surface area contributed by atoms with Crippen molar-refractivity contribution < 1.29 is 13.0 Å². The van der Waals surface area contributed by atoms with Crippen LogP contribution in [0.25, 0.3) is 6.08 Å². The van der Waals surface area contributed by atoms with E-state index in [2.05, 4.69) is 15.9 Å². The van der Waals surface area contributed by atoms with Gasteiger partial charge < -0.3 is 0 Å². The van der Waals surface area contributed by atoms with Crippen molar-refractivity contribution in [1.82, 2.24) is 0 Å². The molecular formula is C10H9BrO3S. The molecule has 0 saturated heterocycles. The summed E-state index contributed by atoms with van der Waals surface area (Å²) in [5.74, 6) is 0. The Morgan fingerprint density at radius 3 is 2.67 bits per heavy atom. The van der Waals surface area contributed by atoms with E-state index in [4.69, 9.17) is 0 Å². The van der Waals surface area contributed by atoms with Crippen molar-refractivity contribution in [3.8, 4) is 0 Å². The monoisotopic (exact) mass is 288 g/mol. The summed E-state index contributed by atoms with van der Waals surface area (Å²) in [5.41, 5.74) is 1.38. The Kier molecular flexibility index (Phi) is 2.48. The lowest BCUT2D eigenvalue weighted by Crippen LogP contribution is -2.30. The van der Waals surface area contributed by atoms with Crippen LogP contribution in [0.1, 0.15) is 17.5 Å². The third-order valence-electron chi connectivity index (χ3n) is 2.45. The minimum atomic E-state index is -4.17. The fourth-order valence-corrected chi connectivity index (χ4v) is 2.99. The molecule has 80 valence electrons. The normalized spacial score (nSPS) is 24.9. The topological polar surface area (TPSA) is 54.4 Å². The van der Waals surface area contributed by atoms with Crippen LogP contribution in [0.3, 0.4) is 0 Å². The van der Waals surface area contributed by atoms with E-state index in [-0.39, 0.29) is 6.42 Å². The molecule has 0 bridgehead atoms. The Bertz CT molecular complexity index is 521. The summed E-state index contributed by atoms with van der Waals surface area (Å²) >= 11 is 3.13. The van der Waals surface area contributed by atoms with Crippen LogP contribution in [-0.2, 0) is 13.8 Å². The van der Waals surface area contributed by atoms with Gasteiger partial charge in [0.25, 0.3) is 10.1 Å². The van der Waals surface area contributed by atoms with Gasteiger partial charge in [0.1, 0.15) is 0 Å². The van der Waals surface area contributed by atoms with Gasteiger partial charge in [-0.25, -0.2) is 0 Å². The molecule has 0 spiro atoms. The highest BCUT2D eigenvalue weighted by Gasteiger charge is 2.43. The predicted molar refractivity (Wildman–Crippen MR) is 62.2 cm³/mol. The van der Waals surface area contributed by atoms with E-state index >= 15 is 0 Å². The average Bonchev–Trinajstić information content (AvgIpc) is 2.17. The van der Waals surface area contributed by atoms with Crippen LogP contribution in [-0.4, -0.2) is 13.0 Å². The van der Waals surface area contributed by atoms with Gasteiger partial charge in [-0.3, -0.25) is 4.55 Å². The summed E-state index contributed by atoms with van der Waals surface area (Å²) in [6.07, 6.45) is 3.80. The Labute approximate surface area is 96.7 Å². The summed E-state index contributed by atoms with van der Waals surface area (Å²) in [6, 6.07) is 7.08. The van der Waals surface area contributed by atoms with Crippen molar-refractivity contribution >= 4 is 32.1 Å². The second kappa shape index (κ2) is 3.43. The zero-order valence-electron chi connectivity index (χ0n) is 7.72. The number of benzene rings is 1. The van der Waals surface area contributed by atoms with Gasteiger partial charge in [0.05, 0.1) is 0 Å². The smallest absolute Gasteiger partial charge is 0.284 e. The number of rotatable bonds is 1. The summed E-state index contributed by atoms with van der Waals surface area (Å²) in [6.45, 7) is 0. The third kappa shape index (κ3) is 1.64. The lowest BCUT2D eigenvalue weighted by molar-refractivity contribution is 0.462. The van der Waals surface area contributed by atoms with Crippen LogP contribution in [0, 0.1) is 0 Å². The molecule has 0 radical (unpaired) electrons. The fourth-order valence-electron chi connectivity index (χ4n) is 1.67. The average molecular weight is 289 g/mol. The van der Waals surface area contributed by atoms with E-state index in [0.29, 0.717) is 5.56 Å². The maximum absolute atomic E-state index is 11.3. The molecule has 5 heteroatoms. The fraction of sp³-hybridized carbons (Fsp3) is 0.200. The van der Waals surface area contributed by atoms with Crippen LogP contribution in [0.4, 0.5) is 0 Å². The molecule has 1 aromatic carbocycles. The molecule has 15 heavy (non-hydrogen) atoms. The summed E-state index contributed by atoms with van der Waals surface area (Å²) in [5, 5.41) is 0. The molecule has 1 unspecified atom stereocenters. The number of hydrogen-bond donors (Lipinski definition) is 1. The van der Waals surface area contributed by atoms with E-state index in [1.807, 2.05) is 18.2 Å². The summed E-state index contributed by atoms with van der Waals surface area (Å²) in [7, 11) is -4.17. The standard InChI is InChI=1S/C10H9BrO3S/c11-10(15(12,13)14)7-3-5-8-4-1-2-6-9(8)10/h1-6H,7H2,(H,12,13,14). The Morgan fingerprint density at radius 2 is 2.00 bits per heavy atom. The van der Waals surface area contributed by atoms with Gasteiger partial charge in [0.15, 0.2) is 3.66 Å². The molecule has 0 aromatic heterocycles. The first-order valence-corrected chi connectivity index (χ1v) is 6.60. The SMILES string of the molecule is O=S(=O)(O)C1(Br)CC=Cc2ccccc21. The zero-order chi connectivity index (χ0) is 11.1. The summed E-state index contributed by atoms with van der Waals surface area (Å²) < 4.78 is 30.5. The van der Waals surface area contributed by atoms with E-state index in [1.165, 1.54) is 0 Å². The first-order valence-electron chi connectivity index (χ1n) is 4.37. The van der Waals surface area contributed by atoms with Gasteiger partial charge in [-0.05, 0) is 11.1 Å². The zero-order valence-corrected chi connectivity index (χ0v) is 10.1. The van der Waals surface area contributed by atoms with E-state index in [1.54, 1.807) is 18.2 Å². The first-order chi connectivity index (χ1) is 6.95. The Morgan fingerprint density at radius 1 is 1.33 bits per heavy atom. The quantitative estimate of drug-likeness (QED) is 0.638. The van der Waals surface area contributed by atoms with Gasteiger partial charge in [-0.2, -0.15) is 8.42 Å². The van der Waals surface area contributed by atoms with Gasteiger partial charge in [0, 0.05) is 6.42 Å². The highest BCUT2D eigenvalue weighted by Crippen LogP contribution is 2.44. The third-order valence-corrected chi connectivity index (χ3v) is 5.63. The Hall–Kier alpha value is -0.650. The molecule has 0 heterocycles. The number of hydrogen-bond acceptors (Lipinski definition) is 2. The van der Waals surface area contributed by atoms with Crippen molar-refractivity contribution in [2.24, 2.45) is 0 Å². The van der Waals surface area contributed by atoms with E-state index in [9.17, 15) is 13.0 Å². The van der Waals surface area contributed by atoms with Gasteiger partial charge in [0.2, 0.25) is 0 Å². The van der Waals surface area contributed by atoms with Crippen molar-refractivity contribution in [2.75, 3.05) is 0 Å². The lowest BCUT2D eigenvalue weighted by atomic mass is 9.97. The van der Waals surface area contributed by atoms with Crippen LogP contribution in [0.5, 0.6) is 0 Å². The van der Waals surface area contributed by atoms with Crippen molar-refractivity contribution in [3.05, 3.63) is 41.5 Å². The minimum Gasteiger partial charge on any atom is -0.284 e. The van der Waals surface area contributed by atoms with Crippen LogP contribution >= 0.6 is 15.9 Å². The minimum absolute atomic E-state index is 0.225. The first kappa shape index (κ1) is 10.9. The molecule has 0 aliphatic heterocycles. The number of allylic oxidation sites excluding steroid dienone is 1. The van der Waals surface area contributed by atoms with Crippen molar-refractivity contribution in [2.45, 2.75) is 10.1 Å². The molecule has 0 saturated carbocycles. The maximum Gasteiger partial charge on any atom is 0.285 e. The van der Waals surface area contributed by atoms with Crippen molar-refractivity contribution in [1.29, 1.82) is 0 Å². The van der Waals surface area contributed by atoms with Crippen LogP contribution in [0.2, 0.25) is 0 Å². The molecule has 1 aliphatic carbocycles. The lowest BCUT2D eigenvalue weighted by Gasteiger charge is -2.27. The van der Waals surface area contributed by atoms with E-state index < -0.39 is 13.8 Å². The molecule has 0 fully saturated rings. The van der Waals surface area contributed by atoms with E-state index in [0.717, 1.165) is 5.56 Å². The Balaban J connectivity index is 2.71. The molecular weight excluding hydrogens is 280 g/mol. The number of alkyl halides is 1.